The highest BCUT2D eigenvalue weighted by atomic mass is 15.2. The van der Waals surface area contributed by atoms with Crippen LogP contribution in [0.15, 0.2) is 42.7 Å². The average molecular weight is 261 g/mol. The number of fused-ring (bicyclic) bond motifs is 1. The van der Waals surface area contributed by atoms with Crippen LogP contribution in [0.5, 0.6) is 0 Å². The van der Waals surface area contributed by atoms with Crippen LogP contribution in [-0.4, -0.2) is 22.2 Å². The van der Waals surface area contributed by atoms with E-state index < -0.39 is 0 Å². The molecule has 0 spiro atoms. The Morgan fingerprint density at radius 3 is 2.65 bits per heavy atom. The molecular weight excluding hydrogens is 250 g/mol. The molecule has 96 valence electrons. The third-order valence-electron chi connectivity index (χ3n) is 3.06. The van der Waals surface area contributed by atoms with E-state index in [2.05, 4.69) is 26.6 Å². The molecule has 5 heteroatoms. The lowest BCUT2D eigenvalue weighted by atomic mass is 10.1. The Hall–Kier alpha value is -3.00. The molecule has 0 aliphatic heterocycles. The van der Waals surface area contributed by atoms with Gasteiger partial charge in [-0.05, 0) is 6.07 Å². The van der Waals surface area contributed by atoms with Crippen molar-refractivity contribution in [2.75, 3.05) is 12.4 Å². The Balaban J connectivity index is 2.29. The molecule has 1 aromatic carbocycles. The van der Waals surface area contributed by atoms with E-state index in [0.29, 0.717) is 5.56 Å². The maximum absolute atomic E-state index is 8.97. The second-order valence-electron chi connectivity index (χ2n) is 4.27. The molecule has 0 aliphatic rings. The summed E-state index contributed by atoms with van der Waals surface area (Å²) in [5.41, 5.74) is 2.02. The van der Waals surface area contributed by atoms with Gasteiger partial charge in [-0.3, -0.25) is 4.98 Å². The number of rotatable bonds is 2. The SMILES string of the molecule is CNc1nnc(-c2cncc(C#N)c2)c2ccccc12. The molecule has 5 nitrogen and oxygen atoms in total. The van der Waals surface area contributed by atoms with E-state index >= 15 is 0 Å². The van der Waals surface area contributed by atoms with Gasteiger partial charge in [0.15, 0.2) is 5.82 Å². The van der Waals surface area contributed by atoms with Crippen LogP contribution in [0.25, 0.3) is 22.0 Å². The summed E-state index contributed by atoms with van der Waals surface area (Å²) in [5, 5.41) is 22.4. The number of nitrogens with one attached hydrogen (secondary N) is 1. The van der Waals surface area contributed by atoms with Gasteiger partial charge in [-0.25, -0.2) is 0 Å². The molecule has 0 amide bonds. The largest absolute Gasteiger partial charge is 0.371 e. The summed E-state index contributed by atoms with van der Waals surface area (Å²) in [6, 6.07) is 11.7. The van der Waals surface area contributed by atoms with Crippen LogP contribution in [0.4, 0.5) is 5.82 Å². The van der Waals surface area contributed by atoms with E-state index in [0.717, 1.165) is 27.8 Å². The summed E-state index contributed by atoms with van der Waals surface area (Å²) in [7, 11) is 1.81. The Morgan fingerprint density at radius 2 is 1.90 bits per heavy atom. The number of anilines is 1. The van der Waals surface area contributed by atoms with Gasteiger partial charge in [-0.1, -0.05) is 24.3 Å². The van der Waals surface area contributed by atoms with Crippen LogP contribution in [0.1, 0.15) is 5.56 Å². The van der Waals surface area contributed by atoms with Gasteiger partial charge in [-0.2, -0.15) is 5.26 Å². The quantitative estimate of drug-likeness (QED) is 0.767. The molecule has 0 fully saturated rings. The molecule has 3 rings (SSSR count). The van der Waals surface area contributed by atoms with Crippen molar-refractivity contribution >= 4 is 16.6 Å². The van der Waals surface area contributed by atoms with Crippen molar-refractivity contribution in [1.82, 2.24) is 15.2 Å². The van der Waals surface area contributed by atoms with Crippen LogP contribution >= 0.6 is 0 Å². The maximum Gasteiger partial charge on any atom is 0.156 e. The molecule has 0 aliphatic carbocycles. The topological polar surface area (TPSA) is 74.5 Å². The third-order valence-corrected chi connectivity index (χ3v) is 3.06. The zero-order valence-electron chi connectivity index (χ0n) is 10.8. The standard InChI is InChI=1S/C15H11N5/c1-17-15-13-5-3-2-4-12(13)14(19-20-15)11-6-10(7-16)8-18-9-11/h2-6,8-9H,1H3,(H,17,20). The van der Waals surface area contributed by atoms with Gasteiger partial charge in [0.25, 0.3) is 0 Å². The van der Waals surface area contributed by atoms with Gasteiger partial charge in [0.2, 0.25) is 0 Å². The van der Waals surface area contributed by atoms with Crippen LogP contribution in [0.3, 0.4) is 0 Å². The van der Waals surface area contributed by atoms with Gasteiger partial charge < -0.3 is 5.32 Å². The highest BCUT2D eigenvalue weighted by molar-refractivity contribution is 5.99. The maximum atomic E-state index is 8.97. The minimum absolute atomic E-state index is 0.506. The van der Waals surface area contributed by atoms with Crippen LogP contribution < -0.4 is 5.32 Å². The molecule has 0 atom stereocenters. The van der Waals surface area contributed by atoms with Crippen molar-refractivity contribution in [3.63, 3.8) is 0 Å². The Kier molecular flexibility index (Phi) is 2.98. The summed E-state index contributed by atoms with van der Waals surface area (Å²) in [5.74, 6) is 0.730. The summed E-state index contributed by atoms with van der Waals surface area (Å²) >= 11 is 0. The molecule has 0 saturated carbocycles. The molecule has 2 heterocycles. The number of hydrogen-bond acceptors (Lipinski definition) is 5. The van der Waals surface area contributed by atoms with Gasteiger partial charge in [0.1, 0.15) is 11.8 Å². The highest BCUT2D eigenvalue weighted by Gasteiger charge is 2.10. The molecule has 1 N–H and O–H groups in total. The van der Waals surface area contributed by atoms with Gasteiger partial charge in [0.05, 0.1) is 5.56 Å². The van der Waals surface area contributed by atoms with Gasteiger partial charge >= 0.3 is 0 Å². The first-order valence-electron chi connectivity index (χ1n) is 6.12. The zero-order chi connectivity index (χ0) is 13.9. The number of pyridine rings is 1. The molecule has 2 aromatic heterocycles. The van der Waals surface area contributed by atoms with E-state index in [4.69, 9.17) is 5.26 Å². The minimum Gasteiger partial charge on any atom is -0.371 e. The number of hydrogen-bond donors (Lipinski definition) is 1. The zero-order valence-corrected chi connectivity index (χ0v) is 10.8. The number of benzene rings is 1. The first-order valence-corrected chi connectivity index (χ1v) is 6.12. The number of aromatic nitrogens is 3. The smallest absolute Gasteiger partial charge is 0.156 e. The monoisotopic (exact) mass is 261 g/mol. The second kappa shape index (κ2) is 4.94. The van der Waals surface area contributed by atoms with Crippen molar-refractivity contribution in [1.29, 1.82) is 5.26 Å². The fraction of sp³-hybridized carbons (Fsp3) is 0.0667. The summed E-state index contributed by atoms with van der Waals surface area (Å²) in [6.45, 7) is 0. The van der Waals surface area contributed by atoms with E-state index in [1.54, 1.807) is 12.3 Å². The predicted molar refractivity (Wildman–Crippen MR) is 77.0 cm³/mol. The summed E-state index contributed by atoms with van der Waals surface area (Å²) in [4.78, 5) is 4.08. The Bertz CT molecular complexity index is 820. The first-order chi connectivity index (χ1) is 9.83. The van der Waals surface area contributed by atoms with Crippen LogP contribution in [0.2, 0.25) is 0 Å². The van der Waals surface area contributed by atoms with Gasteiger partial charge in [0, 0.05) is 35.8 Å². The molecule has 0 saturated heterocycles. The van der Waals surface area contributed by atoms with E-state index in [1.165, 1.54) is 6.20 Å². The average Bonchev–Trinajstić information content (AvgIpc) is 2.54. The van der Waals surface area contributed by atoms with Crippen molar-refractivity contribution in [3.05, 3.63) is 48.3 Å². The molecule has 0 unspecified atom stereocenters. The molecule has 0 radical (unpaired) electrons. The summed E-state index contributed by atoms with van der Waals surface area (Å²) in [6.07, 6.45) is 3.22. The second-order valence-corrected chi connectivity index (χ2v) is 4.27. The molecule has 3 aromatic rings. The first kappa shape index (κ1) is 12.1. The predicted octanol–water partition coefficient (Wildman–Crippen LogP) is 2.61. The van der Waals surface area contributed by atoms with Crippen molar-refractivity contribution < 1.29 is 0 Å². The summed E-state index contributed by atoms with van der Waals surface area (Å²) < 4.78 is 0. The molecule has 20 heavy (non-hydrogen) atoms. The molecular formula is C15H11N5. The Morgan fingerprint density at radius 1 is 1.10 bits per heavy atom. The molecule has 0 bridgehead atoms. The van der Waals surface area contributed by atoms with Crippen LogP contribution in [-0.2, 0) is 0 Å². The van der Waals surface area contributed by atoms with E-state index in [-0.39, 0.29) is 0 Å². The van der Waals surface area contributed by atoms with Crippen molar-refractivity contribution in [3.8, 4) is 17.3 Å². The fourth-order valence-electron chi connectivity index (χ4n) is 2.13. The van der Waals surface area contributed by atoms with E-state index in [1.807, 2.05) is 31.3 Å². The number of nitrogens with zero attached hydrogens (tertiary/aromatic N) is 4. The number of nitriles is 1. The Labute approximate surface area is 115 Å². The third kappa shape index (κ3) is 1.93. The lowest BCUT2D eigenvalue weighted by Crippen LogP contribution is -1.98. The van der Waals surface area contributed by atoms with E-state index in [9.17, 15) is 0 Å². The van der Waals surface area contributed by atoms with Gasteiger partial charge in [-0.15, -0.1) is 10.2 Å². The fourth-order valence-corrected chi connectivity index (χ4v) is 2.13. The minimum atomic E-state index is 0.506. The van der Waals surface area contributed by atoms with Crippen LogP contribution in [0, 0.1) is 11.3 Å². The van der Waals surface area contributed by atoms with Crippen molar-refractivity contribution in [2.45, 2.75) is 0 Å². The lowest BCUT2D eigenvalue weighted by Gasteiger charge is -2.08. The highest BCUT2D eigenvalue weighted by Crippen LogP contribution is 2.29. The lowest BCUT2D eigenvalue weighted by molar-refractivity contribution is 1.05. The normalized spacial score (nSPS) is 10.2. The van der Waals surface area contributed by atoms with Crippen molar-refractivity contribution in [2.24, 2.45) is 0 Å².